The molecule has 1 aliphatic heterocycles. The lowest BCUT2D eigenvalue weighted by atomic mass is 9.91. The van der Waals surface area contributed by atoms with Crippen LogP contribution in [0.4, 0.5) is 8.78 Å². The molecule has 3 aromatic rings. The van der Waals surface area contributed by atoms with E-state index in [-0.39, 0.29) is 18.7 Å². The van der Waals surface area contributed by atoms with Crippen LogP contribution in [0.15, 0.2) is 64.7 Å². The van der Waals surface area contributed by atoms with E-state index in [1.807, 2.05) is 29.2 Å². The number of benzene rings is 2. The molecule has 0 bridgehead atoms. The molecule has 2 aromatic carbocycles. The zero-order valence-electron chi connectivity index (χ0n) is 17.9. The predicted molar refractivity (Wildman–Crippen MR) is 122 cm³/mol. The van der Waals surface area contributed by atoms with Crippen LogP contribution in [0, 0.1) is 11.6 Å². The number of rotatable bonds is 8. The third-order valence-electron chi connectivity index (χ3n) is 5.58. The molecule has 0 amide bonds. The summed E-state index contributed by atoms with van der Waals surface area (Å²) >= 11 is 3.40. The average molecular weight is 520 g/mol. The summed E-state index contributed by atoms with van der Waals surface area (Å²) in [5, 5.41) is 19.8. The van der Waals surface area contributed by atoms with Crippen LogP contribution in [0.2, 0.25) is 0 Å². The fraction of sp³-hybridized carbons (Fsp3) is 0.348. The lowest BCUT2D eigenvalue weighted by Gasteiger charge is -2.36. The monoisotopic (exact) mass is 519 g/mol. The molecule has 0 saturated carbocycles. The summed E-state index contributed by atoms with van der Waals surface area (Å²) in [5.74, 6) is -1.49. The molecule has 1 atom stereocenters. The van der Waals surface area contributed by atoms with Crippen molar-refractivity contribution in [2.75, 3.05) is 19.6 Å². The number of aromatic nitrogens is 3. The molecule has 1 aromatic heterocycles. The van der Waals surface area contributed by atoms with Crippen molar-refractivity contribution in [3.63, 3.8) is 0 Å². The maximum atomic E-state index is 14.6. The van der Waals surface area contributed by atoms with Crippen molar-refractivity contribution in [3.8, 4) is 0 Å². The molecular formula is C23H24BrF2N5O2. The molecule has 1 fully saturated rings. The zero-order chi connectivity index (χ0) is 23.3. The van der Waals surface area contributed by atoms with E-state index >= 15 is 0 Å². The third kappa shape index (κ3) is 6.21. The van der Waals surface area contributed by atoms with E-state index in [2.05, 4.69) is 31.2 Å². The number of aliphatic hydroxyl groups is 1. The Morgan fingerprint density at radius 1 is 1.09 bits per heavy atom. The van der Waals surface area contributed by atoms with E-state index in [1.165, 1.54) is 23.4 Å². The number of piperidine rings is 1. The van der Waals surface area contributed by atoms with Gasteiger partial charge in [-0.3, -0.25) is 4.90 Å². The van der Waals surface area contributed by atoms with Crippen LogP contribution >= 0.6 is 15.9 Å². The van der Waals surface area contributed by atoms with Gasteiger partial charge in [-0.15, -0.1) is 0 Å². The molecule has 33 heavy (non-hydrogen) atoms. The van der Waals surface area contributed by atoms with E-state index < -0.39 is 17.2 Å². The van der Waals surface area contributed by atoms with Crippen molar-refractivity contribution in [2.45, 2.75) is 31.6 Å². The Kier molecular flexibility index (Phi) is 7.46. The van der Waals surface area contributed by atoms with Crippen molar-refractivity contribution in [1.29, 1.82) is 0 Å². The highest BCUT2D eigenvalue weighted by atomic mass is 79.9. The Hall–Kier alpha value is -2.69. The number of hydrogen-bond donors (Lipinski definition) is 1. The van der Waals surface area contributed by atoms with Gasteiger partial charge in [0.2, 0.25) is 0 Å². The van der Waals surface area contributed by atoms with Gasteiger partial charge in [-0.1, -0.05) is 39.3 Å². The summed E-state index contributed by atoms with van der Waals surface area (Å²) in [6.45, 7) is 1.79. The molecule has 1 N–H and O–H groups in total. The first-order valence-corrected chi connectivity index (χ1v) is 11.4. The fourth-order valence-corrected chi connectivity index (χ4v) is 4.14. The minimum atomic E-state index is -1.61. The van der Waals surface area contributed by atoms with Crippen LogP contribution in [0.1, 0.15) is 24.0 Å². The zero-order valence-corrected chi connectivity index (χ0v) is 19.5. The molecule has 7 nitrogen and oxygen atoms in total. The number of nitrogens with zero attached hydrogens (tertiary/aromatic N) is 5. The van der Waals surface area contributed by atoms with E-state index in [1.54, 1.807) is 0 Å². The Morgan fingerprint density at radius 3 is 2.52 bits per heavy atom. The lowest BCUT2D eigenvalue weighted by Crippen LogP contribution is -2.47. The molecule has 4 rings (SSSR count). The second kappa shape index (κ2) is 10.5. The molecule has 1 unspecified atom stereocenters. The summed E-state index contributed by atoms with van der Waals surface area (Å²) in [6.07, 6.45) is 4.15. The number of β-amino-alcohol motifs (C(OH)–C–C–N with tert-alkyl or cyclic N) is 1. The number of halogens is 3. The molecule has 0 spiro atoms. The van der Waals surface area contributed by atoms with Crippen molar-refractivity contribution < 1.29 is 18.7 Å². The van der Waals surface area contributed by atoms with Gasteiger partial charge in [0, 0.05) is 48.6 Å². The largest absolute Gasteiger partial charge is 0.391 e. The van der Waals surface area contributed by atoms with Crippen molar-refractivity contribution in [3.05, 3.63) is 82.4 Å². The van der Waals surface area contributed by atoms with Crippen LogP contribution in [-0.2, 0) is 23.6 Å². The lowest BCUT2D eigenvalue weighted by molar-refractivity contribution is -0.0220. The fourth-order valence-electron chi connectivity index (χ4n) is 3.88. The van der Waals surface area contributed by atoms with Gasteiger partial charge in [0.05, 0.1) is 12.3 Å². The van der Waals surface area contributed by atoms with Crippen LogP contribution in [0.3, 0.4) is 0 Å². The molecule has 0 radical (unpaired) electrons. The molecule has 0 aliphatic carbocycles. The molecular weight excluding hydrogens is 496 g/mol. The van der Waals surface area contributed by atoms with Crippen LogP contribution in [0.25, 0.3) is 0 Å². The number of oxime groups is 1. The topological polar surface area (TPSA) is 75.8 Å². The summed E-state index contributed by atoms with van der Waals surface area (Å²) in [5.41, 5.74) is 0.380. The van der Waals surface area contributed by atoms with Gasteiger partial charge < -0.3 is 9.94 Å². The van der Waals surface area contributed by atoms with Gasteiger partial charge in [0.1, 0.15) is 36.5 Å². The molecule has 10 heteroatoms. The van der Waals surface area contributed by atoms with Gasteiger partial charge in [-0.25, -0.2) is 18.4 Å². The summed E-state index contributed by atoms with van der Waals surface area (Å²) in [6, 6.07) is 11.1. The molecule has 174 valence electrons. The number of likely N-dealkylation sites (tertiary alicyclic amines) is 1. The van der Waals surface area contributed by atoms with Crippen LogP contribution < -0.4 is 0 Å². The Labute approximate surface area is 198 Å². The molecule has 1 saturated heterocycles. The minimum absolute atomic E-state index is 0.0106. The Morgan fingerprint density at radius 2 is 1.85 bits per heavy atom. The predicted octanol–water partition coefficient (Wildman–Crippen LogP) is 3.88. The van der Waals surface area contributed by atoms with E-state index in [4.69, 9.17) is 4.84 Å². The highest BCUT2D eigenvalue weighted by Crippen LogP contribution is 2.28. The van der Waals surface area contributed by atoms with Crippen molar-refractivity contribution >= 4 is 21.6 Å². The normalized spacial score (nSPS) is 16.4. The number of hydrogen-bond acceptors (Lipinski definition) is 6. The maximum Gasteiger partial charge on any atom is 0.142 e. The Balaban J connectivity index is 1.39. The first-order chi connectivity index (χ1) is 15.9. The summed E-state index contributed by atoms with van der Waals surface area (Å²) in [4.78, 5) is 11.4. The second-order valence-corrected chi connectivity index (χ2v) is 9.00. The highest BCUT2D eigenvalue weighted by Gasteiger charge is 2.36. The second-order valence-electron chi connectivity index (χ2n) is 8.08. The standard InChI is InChI=1S/C23H24BrF2N5O2/c24-18-3-1-17(2-4-18)12-33-29-20-7-9-30(10-8-20)13-23(32,14-31-16-27-15-28-31)21-6-5-19(25)11-22(21)26/h1-6,11,15-16,32H,7-10,12-14H2. The third-order valence-corrected chi connectivity index (χ3v) is 6.11. The van der Waals surface area contributed by atoms with Crippen LogP contribution in [-0.4, -0.2) is 50.1 Å². The Bertz CT molecular complexity index is 1080. The van der Waals surface area contributed by atoms with Gasteiger partial charge >= 0.3 is 0 Å². The highest BCUT2D eigenvalue weighted by molar-refractivity contribution is 9.10. The van der Waals surface area contributed by atoms with Gasteiger partial charge in [-0.2, -0.15) is 5.10 Å². The summed E-state index contributed by atoms with van der Waals surface area (Å²) < 4.78 is 30.5. The average Bonchev–Trinajstić information content (AvgIpc) is 3.29. The smallest absolute Gasteiger partial charge is 0.142 e. The maximum absolute atomic E-state index is 14.6. The van der Waals surface area contributed by atoms with E-state index in [9.17, 15) is 13.9 Å². The van der Waals surface area contributed by atoms with Gasteiger partial charge in [-0.05, 0) is 23.8 Å². The first-order valence-electron chi connectivity index (χ1n) is 10.6. The molecule has 1 aliphatic rings. The van der Waals surface area contributed by atoms with E-state index in [0.717, 1.165) is 27.9 Å². The van der Waals surface area contributed by atoms with Crippen molar-refractivity contribution in [2.24, 2.45) is 5.16 Å². The summed E-state index contributed by atoms with van der Waals surface area (Å²) in [7, 11) is 0. The van der Waals surface area contributed by atoms with Gasteiger partial charge in [0.15, 0.2) is 0 Å². The minimum Gasteiger partial charge on any atom is -0.391 e. The SMILES string of the molecule is OC(CN1CCC(=NOCc2ccc(Br)cc2)CC1)(Cn1cncn1)c1ccc(F)cc1F. The molecule has 2 heterocycles. The van der Waals surface area contributed by atoms with E-state index in [0.29, 0.717) is 32.5 Å². The van der Waals surface area contributed by atoms with Gasteiger partial charge in [0.25, 0.3) is 0 Å². The van der Waals surface area contributed by atoms with Crippen LogP contribution in [0.5, 0.6) is 0 Å². The quantitative estimate of drug-likeness (QED) is 0.457. The first kappa shape index (κ1) is 23.5. The van der Waals surface area contributed by atoms with Crippen molar-refractivity contribution in [1.82, 2.24) is 19.7 Å².